The predicted octanol–water partition coefficient (Wildman–Crippen LogP) is 2.20. The molecule has 1 aliphatic rings. The van der Waals surface area contributed by atoms with Crippen molar-refractivity contribution >= 4 is 5.91 Å². The zero-order chi connectivity index (χ0) is 13.9. The SMILES string of the molecule is Cc1ccoc1C(=O)NCC1NCCc2ccccc21. The van der Waals surface area contributed by atoms with Gasteiger partial charge in [-0.2, -0.15) is 0 Å². The molecule has 0 radical (unpaired) electrons. The van der Waals surface area contributed by atoms with Gasteiger partial charge in [-0.05, 0) is 37.1 Å². The van der Waals surface area contributed by atoms with Crippen molar-refractivity contribution in [3.8, 4) is 0 Å². The molecule has 20 heavy (non-hydrogen) atoms. The zero-order valence-electron chi connectivity index (χ0n) is 11.5. The average molecular weight is 270 g/mol. The maximum Gasteiger partial charge on any atom is 0.287 e. The number of carbonyl (C=O) groups is 1. The first-order valence-corrected chi connectivity index (χ1v) is 6.89. The fourth-order valence-electron chi connectivity index (χ4n) is 2.66. The van der Waals surface area contributed by atoms with Crippen LogP contribution >= 0.6 is 0 Å². The molecule has 2 heterocycles. The first-order valence-electron chi connectivity index (χ1n) is 6.89. The van der Waals surface area contributed by atoms with Crippen LogP contribution in [0.5, 0.6) is 0 Å². The van der Waals surface area contributed by atoms with Crippen LogP contribution in [0.4, 0.5) is 0 Å². The lowest BCUT2D eigenvalue weighted by atomic mass is 9.94. The Balaban J connectivity index is 1.68. The molecule has 0 fully saturated rings. The number of fused-ring (bicyclic) bond motifs is 1. The van der Waals surface area contributed by atoms with Gasteiger partial charge in [0.15, 0.2) is 5.76 Å². The lowest BCUT2D eigenvalue weighted by Crippen LogP contribution is -2.38. The largest absolute Gasteiger partial charge is 0.459 e. The quantitative estimate of drug-likeness (QED) is 0.899. The molecule has 0 saturated carbocycles. The van der Waals surface area contributed by atoms with Crippen molar-refractivity contribution in [2.75, 3.05) is 13.1 Å². The summed E-state index contributed by atoms with van der Waals surface area (Å²) in [6.45, 7) is 3.37. The van der Waals surface area contributed by atoms with E-state index >= 15 is 0 Å². The van der Waals surface area contributed by atoms with Crippen LogP contribution in [-0.4, -0.2) is 19.0 Å². The number of hydrogen-bond donors (Lipinski definition) is 2. The Morgan fingerprint density at radius 3 is 3.05 bits per heavy atom. The van der Waals surface area contributed by atoms with E-state index in [9.17, 15) is 4.79 Å². The molecule has 3 rings (SSSR count). The molecule has 4 nitrogen and oxygen atoms in total. The number of amides is 1. The Labute approximate surface area is 118 Å². The topological polar surface area (TPSA) is 54.3 Å². The lowest BCUT2D eigenvalue weighted by molar-refractivity contribution is 0.0920. The van der Waals surface area contributed by atoms with Crippen LogP contribution in [0.15, 0.2) is 41.0 Å². The van der Waals surface area contributed by atoms with Gasteiger partial charge in [0.2, 0.25) is 0 Å². The van der Waals surface area contributed by atoms with Crippen LogP contribution < -0.4 is 10.6 Å². The summed E-state index contributed by atoms with van der Waals surface area (Å²) in [4.78, 5) is 12.0. The summed E-state index contributed by atoms with van der Waals surface area (Å²) in [5.74, 6) is 0.242. The van der Waals surface area contributed by atoms with E-state index in [0.717, 1.165) is 18.5 Å². The highest BCUT2D eigenvalue weighted by Crippen LogP contribution is 2.22. The molecule has 2 N–H and O–H groups in total. The van der Waals surface area contributed by atoms with Crippen LogP contribution in [-0.2, 0) is 6.42 Å². The molecule has 1 aliphatic heterocycles. The predicted molar refractivity (Wildman–Crippen MR) is 76.7 cm³/mol. The first-order chi connectivity index (χ1) is 9.75. The number of carbonyl (C=O) groups excluding carboxylic acids is 1. The third kappa shape index (κ3) is 2.47. The standard InChI is InChI=1S/C16H18N2O2/c1-11-7-9-20-15(11)16(19)18-10-14-13-5-3-2-4-12(13)6-8-17-14/h2-5,7,9,14,17H,6,8,10H2,1H3,(H,18,19). The molecule has 1 aromatic carbocycles. The number of hydrogen-bond acceptors (Lipinski definition) is 3. The van der Waals surface area contributed by atoms with Gasteiger partial charge in [0.1, 0.15) is 0 Å². The van der Waals surface area contributed by atoms with E-state index in [1.807, 2.05) is 13.0 Å². The Bertz CT molecular complexity index is 618. The van der Waals surface area contributed by atoms with Gasteiger partial charge in [-0.1, -0.05) is 24.3 Å². The van der Waals surface area contributed by atoms with Crippen LogP contribution in [0.1, 0.15) is 33.3 Å². The molecule has 0 saturated heterocycles. The van der Waals surface area contributed by atoms with Crippen molar-refractivity contribution < 1.29 is 9.21 Å². The molecule has 1 aromatic heterocycles. The summed E-state index contributed by atoms with van der Waals surface area (Å²) in [6.07, 6.45) is 2.58. The number of rotatable bonds is 3. The third-order valence-corrected chi connectivity index (χ3v) is 3.75. The minimum atomic E-state index is -0.155. The van der Waals surface area contributed by atoms with Crippen molar-refractivity contribution in [2.24, 2.45) is 0 Å². The van der Waals surface area contributed by atoms with Crippen LogP contribution in [0, 0.1) is 6.92 Å². The Morgan fingerprint density at radius 2 is 2.25 bits per heavy atom. The fraction of sp³-hybridized carbons (Fsp3) is 0.312. The van der Waals surface area contributed by atoms with Gasteiger partial charge >= 0.3 is 0 Å². The second-order valence-electron chi connectivity index (χ2n) is 5.10. The molecule has 0 spiro atoms. The molecular weight excluding hydrogens is 252 g/mol. The number of nitrogens with one attached hydrogen (secondary N) is 2. The maximum absolute atomic E-state index is 12.0. The van der Waals surface area contributed by atoms with Gasteiger partial charge in [0, 0.05) is 18.2 Å². The van der Waals surface area contributed by atoms with E-state index in [1.165, 1.54) is 11.1 Å². The normalized spacial score (nSPS) is 17.6. The van der Waals surface area contributed by atoms with Gasteiger partial charge in [-0.25, -0.2) is 0 Å². The molecule has 0 aliphatic carbocycles. The van der Waals surface area contributed by atoms with Gasteiger partial charge in [0.25, 0.3) is 5.91 Å². The molecular formula is C16H18N2O2. The average Bonchev–Trinajstić information content (AvgIpc) is 2.91. The van der Waals surface area contributed by atoms with E-state index in [4.69, 9.17) is 4.42 Å². The Kier molecular flexibility index (Phi) is 3.56. The van der Waals surface area contributed by atoms with Crippen LogP contribution in [0.3, 0.4) is 0 Å². The van der Waals surface area contributed by atoms with Crippen molar-refractivity contribution in [1.82, 2.24) is 10.6 Å². The second kappa shape index (κ2) is 5.51. The summed E-state index contributed by atoms with van der Waals surface area (Å²) >= 11 is 0. The maximum atomic E-state index is 12.0. The van der Waals surface area contributed by atoms with E-state index in [1.54, 1.807) is 12.3 Å². The summed E-state index contributed by atoms with van der Waals surface area (Å²) in [6, 6.07) is 10.3. The number of furan rings is 1. The number of benzene rings is 1. The molecule has 1 unspecified atom stereocenters. The van der Waals surface area contributed by atoms with Gasteiger partial charge in [-0.3, -0.25) is 4.79 Å². The Hall–Kier alpha value is -2.07. The highest BCUT2D eigenvalue weighted by atomic mass is 16.3. The first kappa shape index (κ1) is 12.9. The Morgan fingerprint density at radius 1 is 1.40 bits per heavy atom. The number of aryl methyl sites for hydroxylation is 1. The van der Waals surface area contributed by atoms with E-state index < -0.39 is 0 Å². The highest BCUT2D eigenvalue weighted by molar-refractivity contribution is 5.92. The van der Waals surface area contributed by atoms with Crippen molar-refractivity contribution in [2.45, 2.75) is 19.4 Å². The summed E-state index contributed by atoms with van der Waals surface area (Å²) in [7, 11) is 0. The smallest absolute Gasteiger partial charge is 0.287 e. The van der Waals surface area contributed by atoms with E-state index in [2.05, 4.69) is 28.8 Å². The van der Waals surface area contributed by atoms with Gasteiger partial charge < -0.3 is 15.1 Å². The minimum absolute atomic E-state index is 0.155. The lowest BCUT2D eigenvalue weighted by Gasteiger charge is -2.27. The summed E-state index contributed by atoms with van der Waals surface area (Å²) < 4.78 is 5.20. The summed E-state index contributed by atoms with van der Waals surface area (Å²) in [5.41, 5.74) is 3.49. The molecule has 104 valence electrons. The third-order valence-electron chi connectivity index (χ3n) is 3.75. The molecule has 4 heteroatoms. The van der Waals surface area contributed by atoms with Crippen molar-refractivity contribution in [1.29, 1.82) is 0 Å². The minimum Gasteiger partial charge on any atom is -0.459 e. The van der Waals surface area contributed by atoms with Gasteiger partial charge in [0.05, 0.1) is 6.26 Å². The zero-order valence-corrected chi connectivity index (χ0v) is 11.5. The molecule has 2 aromatic rings. The second-order valence-corrected chi connectivity index (χ2v) is 5.10. The van der Waals surface area contributed by atoms with E-state index in [-0.39, 0.29) is 11.9 Å². The monoisotopic (exact) mass is 270 g/mol. The molecule has 0 bridgehead atoms. The van der Waals surface area contributed by atoms with Crippen molar-refractivity contribution in [3.63, 3.8) is 0 Å². The van der Waals surface area contributed by atoms with Gasteiger partial charge in [-0.15, -0.1) is 0 Å². The molecule has 1 amide bonds. The van der Waals surface area contributed by atoms with Crippen molar-refractivity contribution in [3.05, 3.63) is 59.0 Å². The van der Waals surface area contributed by atoms with Crippen LogP contribution in [0.25, 0.3) is 0 Å². The fourth-order valence-corrected chi connectivity index (χ4v) is 2.66. The summed E-state index contributed by atoms with van der Waals surface area (Å²) in [5, 5.41) is 6.39. The highest BCUT2D eigenvalue weighted by Gasteiger charge is 2.20. The molecule has 1 atom stereocenters. The van der Waals surface area contributed by atoms with E-state index in [0.29, 0.717) is 12.3 Å². The van der Waals surface area contributed by atoms with Crippen LogP contribution in [0.2, 0.25) is 0 Å².